The van der Waals surface area contributed by atoms with Crippen LogP contribution in [0.5, 0.6) is 0 Å². The van der Waals surface area contributed by atoms with Crippen LogP contribution >= 0.6 is 0 Å². The van der Waals surface area contributed by atoms with Crippen molar-refractivity contribution in [1.29, 1.82) is 0 Å². The molecule has 9 heteroatoms. The second-order valence-corrected chi connectivity index (χ2v) is 6.29. The van der Waals surface area contributed by atoms with Crippen molar-refractivity contribution in [3.8, 4) is 0 Å². The number of hydrogen-bond acceptors (Lipinski definition) is 3. The number of carboxylic acid groups (broad SMARTS) is 1. The van der Waals surface area contributed by atoms with Crippen molar-refractivity contribution in [1.82, 2.24) is 14.7 Å². The summed E-state index contributed by atoms with van der Waals surface area (Å²) in [5, 5.41) is 12.8. The van der Waals surface area contributed by atoms with Gasteiger partial charge in [-0.25, -0.2) is 0 Å². The molecule has 1 unspecified atom stereocenters. The number of aliphatic carboxylic acids is 1. The van der Waals surface area contributed by atoms with Crippen molar-refractivity contribution < 1.29 is 27.9 Å². The van der Waals surface area contributed by atoms with Gasteiger partial charge in [-0.2, -0.15) is 18.3 Å². The maximum atomic E-state index is 13.3. The van der Waals surface area contributed by atoms with Crippen LogP contribution in [0.1, 0.15) is 49.3 Å². The molecule has 2 heterocycles. The SMILES string of the molecule is CC(C)n1ncc(C(=O)N2CCC(C)(C(=O)O)C2)c1C(F)(F)F. The van der Waals surface area contributed by atoms with Crippen LogP contribution in [-0.2, 0) is 11.0 Å². The molecule has 1 aliphatic heterocycles. The van der Waals surface area contributed by atoms with E-state index >= 15 is 0 Å². The molecular weight excluding hydrogens is 315 g/mol. The van der Waals surface area contributed by atoms with Crippen molar-refractivity contribution in [2.24, 2.45) is 5.41 Å². The van der Waals surface area contributed by atoms with Gasteiger partial charge in [0.1, 0.15) is 0 Å². The number of halogens is 3. The van der Waals surface area contributed by atoms with Crippen LogP contribution in [-0.4, -0.2) is 44.8 Å². The van der Waals surface area contributed by atoms with Crippen molar-refractivity contribution >= 4 is 11.9 Å². The van der Waals surface area contributed by atoms with Gasteiger partial charge in [-0.3, -0.25) is 14.3 Å². The van der Waals surface area contributed by atoms with Gasteiger partial charge in [-0.1, -0.05) is 0 Å². The molecule has 0 aromatic carbocycles. The average molecular weight is 333 g/mol. The summed E-state index contributed by atoms with van der Waals surface area (Å²) in [6, 6.07) is -0.559. The van der Waals surface area contributed by atoms with Crippen LogP contribution in [0.25, 0.3) is 0 Å². The van der Waals surface area contributed by atoms with E-state index in [-0.39, 0.29) is 19.5 Å². The third-order valence-electron chi connectivity index (χ3n) is 4.06. The van der Waals surface area contributed by atoms with E-state index in [1.807, 2.05) is 0 Å². The summed E-state index contributed by atoms with van der Waals surface area (Å²) in [6.07, 6.45) is -3.61. The molecule has 1 fully saturated rings. The summed E-state index contributed by atoms with van der Waals surface area (Å²) in [4.78, 5) is 24.8. The highest BCUT2D eigenvalue weighted by atomic mass is 19.4. The van der Waals surface area contributed by atoms with Gasteiger partial charge in [0, 0.05) is 19.1 Å². The Kier molecular flexibility index (Phi) is 4.16. The molecule has 6 nitrogen and oxygen atoms in total. The van der Waals surface area contributed by atoms with Crippen molar-refractivity contribution in [2.45, 2.75) is 39.4 Å². The fourth-order valence-electron chi connectivity index (χ4n) is 2.67. The Morgan fingerprint density at radius 3 is 2.43 bits per heavy atom. The van der Waals surface area contributed by atoms with E-state index in [4.69, 9.17) is 5.11 Å². The van der Waals surface area contributed by atoms with Crippen molar-refractivity contribution in [3.05, 3.63) is 17.5 Å². The van der Waals surface area contributed by atoms with Crippen LogP contribution in [0.4, 0.5) is 13.2 Å². The monoisotopic (exact) mass is 333 g/mol. The third kappa shape index (κ3) is 3.04. The maximum Gasteiger partial charge on any atom is 0.433 e. The van der Waals surface area contributed by atoms with Gasteiger partial charge < -0.3 is 10.0 Å². The molecule has 1 amide bonds. The topological polar surface area (TPSA) is 75.4 Å². The second-order valence-electron chi connectivity index (χ2n) is 6.29. The first-order valence-electron chi connectivity index (χ1n) is 7.15. The molecule has 1 atom stereocenters. The van der Waals surface area contributed by atoms with Gasteiger partial charge in [-0.15, -0.1) is 0 Å². The molecule has 128 valence electrons. The molecule has 1 saturated heterocycles. The number of carboxylic acids is 1. The Morgan fingerprint density at radius 1 is 1.39 bits per heavy atom. The summed E-state index contributed by atoms with van der Waals surface area (Å²) in [6.45, 7) is 4.53. The largest absolute Gasteiger partial charge is 0.481 e. The zero-order chi connectivity index (χ0) is 17.6. The van der Waals surface area contributed by atoms with Gasteiger partial charge in [0.25, 0.3) is 5.91 Å². The Morgan fingerprint density at radius 2 is 2.00 bits per heavy atom. The molecule has 0 radical (unpaired) electrons. The zero-order valence-corrected chi connectivity index (χ0v) is 13.0. The lowest BCUT2D eigenvalue weighted by Crippen LogP contribution is -2.35. The number of carbonyl (C=O) groups is 2. The Labute approximate surface area is 130 Å². The predicted octanol–water partition coefficient (Wildman–Crippen LogP) is 2.42. The Bertz CT molecular complexity index is 639. The normalized spacial score (nSPS) is 22.0. The molecule has 1 N–H and O–H groups in total. The summed E-state index contributed by atoms with van der Waals surface area (Å²) >= 11 is 0. The first-order chi connectivity index (χ1) is 10.5. The molecule has 23 heavy (non-hydrogen) atoms. The third-order valence-corrected chi connectivity index (χ3v) is 4.06. The van der Waals surface area contributed by atoms with E-state index < -0.39 is 40.8 Å². The maximum absolute atomic E-state index is 13.3. The molecule has 1 aliphatic rings. The Hall–Kier alpha value is -2.06. The molecule has 0 spiro atoms. The van der Waals surface area contributed by atoms with Crippen LogP contribution in [0.3, 0.4) is 0 Å². The van der Waals surface area contributed by atoms with E-state index in [2.05, 4.69) is 5.10 Å². The Balaban J connectivity index is 2.37. The van der Waals surface area contributed by atoms with E-state index in [9.17, 15) is 22.8 Å². The second kappa shape index (κ2) is 5.54. The van der Waals surface area contributed by atoms with Crippen LogP contribution < -0.4 is 0 Å². The first-order valence-corrected chi connectivity index (χ1v) is 7.15. The zero-order valence-electron chi connectivity index (χ0n) is 13.0. The smallest absolute Gasteiger partial charge is 0.433 e. The number of hydrogen-bond donors (Lipinski definition) is 1. The van der Waals surface area contributed by atoms with Gasteiger partial charge in [0.15, 0.2) is 5.69 Å². The minimum atomic E-state index is -4.72. The minimum absolute atomic E-state index is 0.103. The van der Waals surface area contributed by atoms with Crippen molar-refractivity contribution in [3.63, 3.8) is 0 Å². The van der Waals surface area contributed by atoms with Gasteiger partial charge in [-0.05, 0) is 27.2 Å². The lowest BCUT2D eigenvalue weighted by atomic mass is 9.90. The number of nitrogens with zero attached hydrogens (tertiary/aromatic N) is 3. The minimum Gasteiger partial charge on any atom is -0.481 e. The number of carbonyl (C=O) groups excluding carboxylic acids is 1. The lowest BCUT2D eigenvalue weighted by molar-refractivity contribution is -0.147. The molecule has 1 aromatic rings. The fraction of sp³-hybridized carbons (Fsp3) is 0.643. The molecule has 2 rings (SSSR count). The quantitative estimate of drug-likeness (QED) is 0.922. The molecule has 0 saturated carbocycles. The predicted molar refractivity (Wildman–Crippen MR) is 73.9 cm³/mol. The first kappa shape index (κ1) is 17.3. The molecule has 0 aliphatic carbocycles. The van der Waals surface area contributed by atoms with Crippen LogP contribution in [0.2, 0.25) is 0 Å². The number of alkyl halides is 3. The van der Waals surface area contributed by atoms with Gasteiger partial charge in [0.2, 0.25) is 0 Å². The van der Waals surface area contributed by atoms with Crippen LogP contribution in [0.15, 0.2) is 6.20 Å². The highest BCUT2D eigenvalue weighted by Gasteiger charge is 2.46. The van der Waals surface area contributed by atoms with E-state index in [0.717, 1.165) is 15.8 Å². The average Bonchev–Trinajstić information content (AvgIpc) is 3.01. The standard InChI is InChI=1S/C14H18F3N3O3/c1-8(2)20-10(14(15,16)17)9(6-18-20)11(21)19-5-4-13(3,7-19)12(22)23/h6,8H,4-5,7H2,1-3H3,(H,22,23). The highest BCUT2D eigenvalue weighted by molar-refractivity contribution is 5.96. The number of rotatable bonds is 3. The van der Waals surface area contributed by atoms with Gasteiger partial charge >= 0.3 is 12.1 Å². The summed E-state index contributed by atoms with van der Waals surface area (Å²) in [5.74, 6) is -1.91. The number of likely N-dealkylation sites (tertiary alicyclic amines) is 1. The fourth-order valence-corrected chi connectivity index (χ4v) is 2.67. The summed E-state index contributed by atoms with van der Waals surface area (Å²) < 4.78 is 40.7. The van der Waals surface area contributed by atoms with E-state index in [1.54, 1.807) is 0 Å². The van der Waals surface area contributed by atoms with E-state index in [0.29, 0.717) is 0 Å². The van der Waals surface area contributed by atoms with Gasteiger partial charge in [0.05, 0.1) is 17.2 Å². The van der Waals surface area contributed by atoms with Crippen LogP contribution in [0, 0.1) is 5.41 Å². The molecular formula is C14H18F3N3O3. The molecule has 0 bridgehead atoms. The summed E-state index contributed by atoms with van der Waals surface area (Å²) in [5.41, 5.74) is -2.77. The lowest BCUT2D eigenvalue weighted by Gasteiger charge is -2.21. The number of amides is 1. The van der Waals surface area contributed by atoms with Crippen molar-refractivity contribution in [2.75, 3.05) is 13.1 Å². The highest BCUT2D eigenvalue weighted by Crippen LogP contribution is 2.36. The molecule has 1 aromatic heterocycles. The summed E-state index contributed by atoms with van der Waals surface area (Å²) in [7, 11) is 0. The number of aromatic nitrogens is 2. The van der Waals surface area contributed by atoms with E-state index in [1.165, 1.54) is 20.8 Å².